The Morgan fingerprint density at radius 2 is 2.25 bits per heavy atom. The molecule has 0 atom stereocenters. The fourth-order valence-electron chi connectivity index (χ4n) is 0.423. The van der Waals surface area contributed by atoms with Crippen LogP contribution in [-0.4, -0.2) is 30.1 Å². The maximum atomic E-state index is 12.2. The second-order valence-corrected chi connectivity index (χ2v) is 2.07. The number of alkyl halides is 2. The number of carbonyl (C=O) groups is 1. The number of halogens is 2. The lowest BCUT2D eigenvalue weighted by Gasteiger charge is -2.11. The molecule has 2 N–H and O–H groups in total. The minimum absolute atomic E-state index is 0.773. The fraction of sp³-hybridized carbons (Fsp3) is 0.571. The van der Waals surface area contributed by atoms with Gasteiger partial charge in [0.1, 0.15) is 6.61 Å². The van der Waals surface area contributed by atoms with E-state index in [0.29, 0.717) is 0 Å². The van der Waals surface area contributed by atoms with Gasteiger partial charge in [0.05, 0.1) is 6.54 Å². The Labute approximate surface area is 68.8 Å². The van der Waals surface area contributed by atoms with Gasteiger partial charge in [-0.1, -0.05) is 5.92 Å². The summed E-state index contributed by atoms with van der Waals surface area (Å²) in [6.45, 7) is -0.756. The molecule has 12 heavy (non-hydrogen) atoms. The van der Waals surface area contributed by atoms with Crippen LogP contribution in [0, 0.1) is 11.8 Å². The maximum absolute atomic E-state index is 12.2. The number of hydrogen-bond donors (Lipinski definition) is 2. The molecule has 0 spiro atoms. The molecule has 0 heterocycles. The van der Waals surface area contributed by atoms with Gasteiger partial charge in [-0.3, -0.25) is 4.79 Å². The number of rotatable bonds is 3. The van der Waals surface area contributed by atoms with Crippen LogP contribution in [0.2, 0.25) is 0 Å². The summed E-state index contributed by atoms with van der Waals surface area (Å²) >= 11 is 0. The molecule has 5 heteroatoms. The van der Waals surface area contributed by atoms with Crippen LogP contribution in [0.25, 0.3) is 0 Å². The summed E-state index contributed by atoms with van der Waals surface area (Å²) in [7, 11) is 0. The van der Waals surface area contributed by atoms with Crippen molar-refractivity contribution in [1.82, 2.24) is 5.32 Å². The topological polar surface area (TPSA) is 49.3 Å². The molecule has 0 aliphatic carbocycles. The Bertz CT molecular complexity index is 217. The number of aliphatic hydroxyl groups is 1. The highest BCUT2D eigenvalue weighted by Gasteiger charge is 2.27. The minimum atomic E-state index is -3.27. The number of carbonyl (C=O) groups excluding carboxylic acids is 1. The molecular formula is C7H9F2NO2. The van der Waals surface area contributed by atoms with E-state index in [1.165, 1.54) is 6.92 Å². The molecule has 0 saturated carbocycles. The van der Waals surface area contributed by atoms with Crippen LogP contribution >= 0.6 is 0 Å². The van der Waals surface area contributed by atoms with Crippen molar-refractivity contribution in [3.8, 4) is 11.8 Å². The SMILES string of the molecule is CC#CC(=O)NCC(F)(F)CO. The molecule has 3 nitrogen and oxygen atoms in total. The van der Waals surface area contributed by atoms with Gasteiger partial charge in [0.2, 0.25) is 0 Å². The zero-order valence-electron chi connectivity index (χ0n) is 6.53. The van der Waals surface area contributed by atoms with Crippen molar-refractivity contribution in [1.29, 1.82) is 0 Å². The summed E-state index contributed by atoms with van der Waals surface area (Å²) in [5.41, 5.74) is 0. The standard InChI is InChI=1S/C7H9F2NO2/c1-2-3-6(12)10-4-7(8,9)5-11/h11H,4-5H2,1H3,(H,10,12). The molecule has 68 valence electrons. The van der Waals surface area contributed by atoms with Gasteiger partial charge in [-0.2, -0.15) is 0 Å². The largest absolute Gasteiger partial charge is 0.390 e. The molecule has 0 rings (SSSR count). The van der Waals surface area contributed by atoms with Gasteiger partial charge in [0.15, 0.2) is 0 Å². The van der Waals surface area contributed by atoms with Crippen molar-refractivity contribution in [2.45, 2.75) is 12.8 Å². The van der Waals surface area contributed by atoms with Gasteiger partial charge in [0.25, 0.3) is 11.8 Å². The first-order valence-electron chi connectivity index (χ1n) is 3.21. The number of amides is 1. The molecule has 0 aliphatic rings. The first-order chi connectivity index (χ1) is 5.52. The summed E-state index contributed by atoms with van der Waals surface area (Å²) < 4.78 is 24.5. The molecule has 0 aromatic rings. The second-order valence-electron chi connectivity index (χ2n) is 2.07. The van der Waals surface area contributed by atoms with Crippen LogP contribution in [0.5, 0.6) is 0 Å². The van der Waals surface area contributed by atoms with Crippen molar-refractivity contribution >= 4 is 5.91 Å². The van der Waals surface area contributed by atoms with Crippen LogP contribution in [0.1, 0.15) is 6.92 Å². The first-order valence-corrected chi connectivity index (χ1v) is 3.21. The molecule has 1 amide bonds. The zero-order valence-corrected chi connectivity index (χ0v) is 6.53. The monoisotopic (exact) mass is 177 g/mol. The zero-order chi connectivity index (χ0) is 9.61. The third-order valence-electron chi connectivity index (χ3n) is 0.977. The Morgan fingerprint density at radius 3 is 2.67 bits per heavy atom. The number of hydrogen-bond acceptors (Lipinski definition) is 2. The third kappa shape index (κ3) is 4.63. The van der Waals surface area contributed by atoms with Crippen LogP contribution in [-0.2, 0) is 4.79 Å². The van der Waals surface area contributed by atoms with Crippen LogP contribution in [0.15, 0.2) is 0 Å². The van der Waals surface area contributed by atoms with E-state index in [-0.39, 0.29) is 0 Å². The Morgan fingerprint density at radius 1 is 1.67 bits per heavy atom. The number of aliphatic hydroxyl groups excluding tert-OH is 1. The van der Waals surface area contributed by atoms with Gasteiger partial charge in [-0.25, -0.2) is 8.78 Å². The Balaban J connectivity index is 3.80. The summed E-state index contributed by atoms with van der Waals surface area (Å²) in [6.07, 6.45) is 0. The third-order valence-corrected chi connectivity index (χ3v) is 0.977. The fourth-order valence-corrected chi connectivity index (χ4v) is 0.423. The smallest absolute Gasteiger partial charge is 0.296 e. The van der Waals surface area contributed by atoms with Crippen molar-refractivity contribution in [3.63, 3.8) is 0 Å². The summed E-state index contributed by atoms with van der Waals surface area (Å²) in [6, 6.07) is 0. The molecule has 0 aromatic carbocycles. The Hall–Kier alpha value is -1.15. The van der Waals surface area contributed by atoms with Crippen molar-refractivity contribution < 1.29 is 18.7 Å². The molecule has 0 bridgehead atoms. The van der Waals surface area contributed by atoms with E-state index in [0.717, 1.165) is 0 Å². The maximum Gasteiger partial charge on any atom is 0.296 e. The summed E-state index contributed by atoms with van der Waals surface area (Å²) in [4.78, 5) is 10.5. The predicted molar refractivity (Wildman–Crippen MR) is 38.5 cm³/mol. The van der Waals surface area contributed by atoms with E-state index >= 15 is 0 Å². The highest BCUT2D eigenvalue weighted by molar-refractivity contribution is 5.93. The molecule has 0 fully saturated rings. The van der Waals surface area contributed by atoms with Gasteiger partial charge in [-0.05, 0) is 12.8 Å². The van der Waals surface area contributed by atoms with E-state index < -0.39 is 25.0 Å². The molecule has 0 aliphatic heterocycles. The van der Waals surface area contributed by atoms with E-state index in [2.05, 4.69) is 5.92 Å². The van der Waals surface area contributed by atoms with E-state index in [4.69, 9.17) is 5.11 Å². The van der Waals surface area contributed by atoms with E-state index in [1.54, 1.807) is 0 Å². The van der Waals surface area contributed by atoms with Crippen molar-refractivity contribution in [2.75, 3.05) is 13.2 Å². The predicted octanol–water partition coefficient (Wildman–Crippen LogP) is -0.246. The number of nitrogens with one attached hydrogen (secondary N) is 1. The average Bonchev–Trinajstić information content (AvgIpc) is 2.02. The summed E-state index contributed by atoms with van der Waals surface area (Å²) in [5, 5.41) is 9.95. The Kier molecular flexibility index (Phi) is 4.22. The van der Waals surface area contributed by atoms with Crippen LogP contribution < -0.4 is 5.32 Å². The van der Waals surface area contributed by atoms with Crippen molar-refractivity contribution in [2.24, 2.45) is 0 Å². The lowest BCUT2D eigenvalue weighted by Crippen LogP contribution is -2.38. The van der Waals surface area contributed by atoms with Crippen LogP contribution in [0.4, 0.5) is 8.78 Å². The molecule has 0 saturated heterocycles. The van der Waals surface area contributed by atoms with Crippen molar-refractivity contribution in [3.05, 3.63) is 0 Å². The lowest BCUT2D eigenvalue weighted by molar-refractivity contribution is -0.118. The molecule has 0 unspecified atom stereocenters. The second kappa shape index (κ2) is 4.67. The average molecular weight is 177 g/mol. The first kappa shape index (κ1) is 10.8. The highest BCUT2D eigenvalue weighted by atomic mass is 19.3. The quantitative estimate of drug-likeness (QED) is 0.584. The van der Waals surface area contributed by atoms with Gasteiger partial charge >= 0.3 is 0 Å². The molecule has 0 aromatic heterocycles. The minimum Gasteiger partial charge on any atom is -0.390 e. The molecule has 0 radical (unpaired) electrons. The normalized spacial score (nSPS) is 10.0. The summed E-state index contributed by atoms with van der Waals surface area (Å²) in [5.74, 6) is 0.234. The van der Waals surface area contributed by atoms with E-state index in [9.17, 15) is 13.6 Å². The van der Waals surface area contributed by atoms with Gasteiger partial charge in [0, 0.05) is 0 Å². The van der Waals surface area contributed by atoms with Gasteiger partial charge in [-0.15, -0.1) is 0 Å². The highest BCUT2D eigenvalue weighted by Crippen LogP contribution is 2.09. The van der Waals surface area contributed by atoms with E-state index in [1.807, 2.05) is 11.2 Å². The lowest BCUT2D eigenvalue weighted by atomic mass is 10.3. The van der Waals surface area contributed by atoms with Gasteiger partial charge < -0.3 is 10.4 Å². The molecular weight excluding hydrogens is 168 g/mol. The van der Waals surface area contributed by atoms with Crippen LogP contribution in [0.3, 0.4) is 0 Å².